The zero-order chi connectivity index (χ0) is 24.7. The van der Waals surface area contributed by atoms with Gasteiger partial charge >= 0.3 is 0 Å². The molecule has 2 aromatic heterocycles. The Balaban J connectivity index is 0.000000148. The number of fused-ring (bicyclic) bond motifs is 2. The van der Waals surface area contributed by atoms with Crippen molar-refractivity contribution < 1.29 is 0 Å². The van der Waals surface area contributed by atoms with Gasteiger partial charge in [0, 0.05) is 25.5 Å². The van der Waals surface area contributed by atoms with Crippen LogP contribution < -0.4 is 9.80 Å². The van der Waals surface area contributed by atoms with E-state index in [1.54, 1.807) is 4.80 Å². The molecule has 0 saturated carbocycles. The summed E-state index contributed by atoms with van der Waals surface area (Å²) in [5, 5.41) is 17.2. The lowest BCUT2D eigenvalue weighted by Gasteiger charge is -2.19. The smallest absolute Gasteiger partial charge is 0.131 e. The van der Waals surface area contributed by atoms with Crippen molar-refractivity contribution in [3.8, 4) is 0 Å². The fourth-order valence-corrected chi connectivity index (χ4v) is 3.91. The second kappa shape index (κ2) is 10.7. The van der Waals surface area contributed by atoms with Crippen LogP contribution in [-0.2, 0) is 13.3 Å². The molecule has 8 nitrogen and oxygen atoms in total. The van der Waals surface area contributed by atoms with Crippen LogP contribution in [0.15, 0.2) is 109 Å². The van der Waals surface area contributed by atoms with Crippen LogP contribution in [0.4, 0.5) is 11.4 Å². The summed E-state index contributed by atoms with van der Waals surface area (Å²) < 4.78 is 1.91. The van der Waals surface area contributed by atoms with Crippen molar-refractivity contribution in [3.63, 3.8) is 0 Å². The Kier molecular flexibility index (Phi) is 6.84. The minimum Gasteiger partial charge on any atom is -0.355 e. The van der Waals surface area contributed by atoms with Crippen LogP contribution in [0.3, 0.4) is 0 Å². The molecule has 0 atom stereocenters. The first-order chi connectivity index (χ1) is 17.7. The van der Waals surface area contributed by atoms with Crippen molar-refractivity contribution in [2.45, 2.75) is 13.3 Å². The van der Waals surface area contributed by atoms with Crippen molar-refractivity contribution in [2.75, 3.05) is 23.9 Å². The number of rotatable bonds is 6. The molecule has 6 aromatic rings. The third kappa shape index (κ3) is 5.33. The lowest BCUT2D eigenvalue weighted by atomic mass is 10.3. The molecule has 0 bridgehead atoms. The van der Waals surface area contributed by atoms with E-state index >= 15 is 0 Å². The first kappa shape index (κ1) is 23.0. The minimum atomic E-state index is 0.638. The number of hydrogen-bond acceptors (Lipinski definition) is 6. The average molecular weight is 477 g/mol. The minimum absolute atomic E-state index is 0.638. The number of hydrogen-bond donors (Lipinski definition) is 0. The molecule has 0 aliphatic rings. The van der Waals surface area contributed by atoms with Gasteiger partial charge in [-0.25, -0.2) is 4.68 Å². The molecule has 0 aliphatic heterocycles. The molecule has 0 N–H and O–H groups in total. The Morgan fingerprint density at radius 1 is 0.556 bits per heavy atom. The summed E-state index contributed by atoms with van der Waals surface area (Å²) in [5.41, 5.74) is 6.16. The maximum Gasteiger partial charge on any atom is 0.131 e. The number of benzene rings is 4. The summed E-state index contributed by atoms with van der Waals surface area (Å²) in [4.78, 5) is 5.97. The van der Waals surface area contributed by atoms with Crippen LogP contribution in [0.5, 0.6) is 0 Å². The fourth-order valence-electron chi connectivity index (χ4n) is 3.91. The van der Waals surface area contributed by atoms with Crippen molar-refractivity contribution in [2.24, 2.45) is 0 Å². The molecule has 0 saturated heterocycles. The molecule has 0 amide bonds. The molecule has 4 aromatic carbocycles. The van der Waals surface area contributed by atoms with Gasteiger partial charge in [0.1, 0.15) is 29.9 Å². The Hall–Kier alpha value is -4.72. The van der Waals surface area contributed by atoms with Crippen LogP contribution in [0, 0.1) is 0 Å². The van der Waals surface area contributed by atoms with Gasteiger partial charge in [-0.3, -0.25) is 0 Å². The lowest BCUT2D eigenvalue weighted by Crippen LogP contribution is -2.22. The highest BCUT2D eigenvalue weighted by Crippen LogP contribution is 2.15. The summed E-state index contributed by atoms with van der Waals surface area (Å²) >= 11 is 0. The van der Waals surface area contributed by atoms with Crippen molar-refractivity contribution in [3.05, 3.63) is 109 Å². The van der Waals surface area contributed by atoms with Gasteiger partial charge in [-0.05, 0) is 48.5 Å². The van der Waals surface area contributed by atoms with Gasteiger partial charge in [0.15, 0.2) is 0 Å². The predicted molar refractivity (Wildman–Crippen MR) is 145 cm³/mol. The molecule has 0 spiro atoms. The molecule has 0 fully saturated rings. The normalized spacial score (nSPS) is 10.7. The largest absolute Gasteiger partial charge is 0.355 e. The SMILES string of the molecule is CN(Cn1nc2ccccc2n1)c1ccccc1.CN(Cn1nnc2ccccc21)c1ccccc1. The first-order valence-corrected chi connectivity index (χ1v) is 11.8. The maximum atomic E-state index is 4.44. The van der Waals surface area contributed by atoms with Crippen molar-refractivity contribution >= 4 is 33.4 Å². The second-order valence-electron chi connectivity index (χ2n) is 8.49. The van der Waals surface area contributed by atoms with Gasteiger partial charge < -0.3 is 9.80 Å². The number of nitrogens with zero attached hydrogens (tertiary/aromatic N) is 8. The molecule has 8 heteroatoms. The molecular weight excluding hydrogens is 448 g/mol. The number of anilines is 2. The summed E-state index contributed by atoms with van der Waals surface area (Å²) in [6.45, 7) is 1.32. The third-order valence-corrected chi connectivity index (χ3v) is 5.83. The fraction of sp³-hybridized carbons (Fsp3) is 0.143. The molecule has 0 unspecified atom stereocenters. The Labute approximate surface area is 210 Å². The van der Waals surface area contributed by atoms with E-state index < -0.39 is 0 Å². The summed E-state index contributed by atoms with van der Waals surface area (Å²) in [5.74, 6) is 0. The molecule has 6 rings (SSSR count). The molecule has 0 aliphatic carbocycles. The number of para-hydroxylation sites is 3. The van der Waals surface area contributed by atoms with Crippen LogP contribution in [0.25, 0.3) is 22.1 Å². The Morgan fingerprint density at radius 2 is 1.03 bits per heavy atom. The second-order valence-corrected chi connectivity index (χ2v) is 8.49. The quantitative estimate of drug-likeness (QED) is 0.335. The third-order valence-electron chi connectivity index (χ3n) is 5.83. The van der Waals surface area contributed by atoms with Crippen LogP contribution in [-0.4, -0.2) is 44.1 Å². The van der Waals surface area contributed by atoms with E-state index in [4.69, 9.17) is 0 Å². The van der Waals surface area contributed by atoms with E-state index in [9.17, 15) is 0 Å². The van der Waals surface area contributed by atoms with E-state index in [2.05, 4.69) is 54.6 Å². The molecule has 36 heavy (non-hydrogen) atoms. The zero-order valence-electron chi connectivity index (χ0n) is 20.4. The van der Waals surface area contributed by atoms with Gasteiger partial charge in [-0.1, -0.05) is 65.9 Å². The number of aromatic nitrogens is 6. The summed E-state index contributed by atoms with van der Waals surface area (Å²) in [6, 6.07) is 36.3. The summed E-state index contributed by atoms with van der Waals surface area (Å²) in [7, 11) is 4.08. The van der Waals surface area contributed by atoms with Gasteiger partial charge in [0.25, 0.3) is 0 Å². The lowest BCUT2D eigenvalue weighted by molar-refractivity contribution is 0.540. The summed E-state index contributed by atoms with van der Waals surface area (Å²) in [6.07, 6.45) is 0. The van der Waals surface area contributed by atoms with Gasteiger partial charge in [-0.15, -0.1) is 5.10 Å². The monoisotopic (exact) mass is 476 g/mol. The molecule has 2 heterocycles. The topological polar surface area (TPSA) is 67.9 Å². The highest BCUT2D eigenvalue weighted by molar-refractivity contribution is 5.74. The van der Waals surface area contributed by atoms with Gasteiger partial charge in [0.05, 0.1) is 5.52 Å². The molecular formula is C28H28N8. The van der Waals surface area contributed by atoms with Gasteiger partial charge in [0.2, 0.25) is 0 Å². The highest BCUT2D eigenvalue weighted by atomic mass is 15.5. The van der Waals surface area contributed by atoms with Gasteiger partial charge in [-0.2, -0.15) is 15.0 Å². The van der Waals surface area contributed by atoms with E-state index in [0.29, 0.717) is 13.3 Å². The van der Waals surface area contributed by atoms with Crippen LogP contribution in [0.2, 0.25) is 0 Å². The van der Waals surface area contributed by atoms with Crippen molar-refractivity contribution in [1.29, 1.82) is 0 Å². The van der Waals surface area contributed by atoms with E-state index in [0.717, 1.165) is 33.4 Å². The Bertz CT molecular complexity index is 1480. The first-order valence-electron chi connectivity index (χ1n) is 11.8. The van der Waals surface area contributed by atoms with Crippen molar-refractivity contribution in [1.82, 2.24) is 30.0 Å². The van der Waals surface area contributed by atoms with Crippen LogP contribution >= 0.6 is 0 Å². The van der Waals surface area contributed by atoms with E-state index in [-0.39, 0.29) is 0 Å². The average Bonchev–Trinajstić information content (AvgIpc) is 3.53. The van der Waals surface area contributed by atoms with E-state index in [1.165, 1.54) is 0 Å². The van der Waals surface area contributed by atoms with E-state index in [1.807, 2.05) is 104 Å². The molecule has 180 valence electrons. The molecule has 0 radical (unpaired) electrons. The van der Waals surface area contributed by atoms with Crippen LogP contribution in [0.1, 0.15) is 0 Å². The highest BCUT2D eigenvalue weighted by Gasteiger charge is 2.07. The predicted octanol–water partition coefficient (Wildman–Crippen LogP) is 5.05. The Morgan fingerprint density at radius 3 is 1.61 bits per heavy atom. The standard InChI is InChI=1S/2C14H14N4/c1-17(12-7-3-2-4-8-12)11-18-14-10-6-5-9-13(14)15-16-18;1-17(12-7-3-2-4-8-12)11-18-15-13-9-5-6-10-14(13)16-18/h2*2-10H,11H2,1H3. The zero-order valence-corrected chi connectivity index (χ0v) is 20.4. The maximum absolute atomic E-state index is 4.44.